The summed E-state index contributed by atoms with van der Waals surface area (Å²) in [6, 6.07) is 7.27. The second-order valence-electron chi connectivity index (χ2n) is 4.56. The maximum absolute atomic E-state index is 12.2. The van der Waals surface area contributed by atoms with Crippen molar-refractivity contribution >= 4 is 11.7 Å². The lowest BCUT2D eigenvalue weighted by Gasteiger charge is -2.28. The highest BCUT2D eigenvalue weighted by Gasteiger charge is 2.38. The normalized spacial score (nSPS) is 13.1. The molecule has 2 aromatic rings. The van der Waals surface area contributed by atoms with E-state index in [4.69, 9.17) is 9.47 Å². The molecule has 0 aliphatic heterocycles. The molecule has 1 aromatic heterocycles. The fourth-order valence-electron chi connectivity index (χ4n) is 1.97. The van der Waals surface area contributed by atoms with Crippen LogP contribution in [0.4, 0.5) is 5.69 Å². The van der Waals surface area contributed by atoms with Gasteiger partial charge in [0.25, 0.3) is 0 Å². The first-order chi connectivity index (χ1) is 10.1. The van der Waals surface area contributed by atoms with E-state index in [1.165, 1.54) is 19.5 Å². The number of carbonyl (C=O) groups excluding carboxylic acids is 1. The highest BCUT2D eigenvalue weighted by Crippen LogP contribution is 2.27. The number of nitrogens with one attached hydrogen (secondary N) is 1. The summed E-state index contributed by atoms with van der Waals surface area (Å²) in [5.41, 5.74) is 0.0441. The second kappa shape index (κ2) is 6.21. The zero-order chi connectivity index (χ0) is 15.3. The molecule has 1 aromatic carbocycles. The van der Waals surface area contributed by atoms with Crippen LogP contribution in [0.15, 0.2) is 42.9 Å². The van der Waals surface area contributed by atoms with Crippen molar-refractivity contribution in [1.29, 1.82) is 0 Å². The van der Waals surface area contributed by atoms with Gasteiger partial charge in [0.1, 0.15) is 5.75 Å². The number of benzene rings is 1. The summed E-state index contributed by atoms with van der Waals surface area (Å²) in [7, 11) is 2.92. The zero-order valence-corrected chi connectivity index (χ0v) is 12.2. The molecule has 2 rings (SSSR count). The van der Waals surface area contributed by atoms with Crippen LogP contribution in [-0.2, 0) is 15.1 Å². The van der Waals surface area contributed by atoms with Crippen molar-refractivity contribution in [2.24, 2.45) is 0 Å². The molecule has 0 aliphatic rings. The molecular weight excluding hydrogens is 270 g/mol. The van der Waals surface area contributed by atoms with E-state index in [-0.39, 0.29) is 0 Å². The van der Waals surface area contributed by atoms with Crippen LogP contribution < -0.4 is 10.1 Å². The van der Waals surface area contributed by atoms with Crippen molar-refractivity contribution in [2.45, 2.75) is 12.5 Å². The Morgan fingerprint density at radius 3 is 2.71 bits per heavy atom. The minimum Gasteiger partial charge on any atom is -0.497 e. The Balaban J connectivity index is 2.39. The fourth-order valence-corrected chi connectivity index (χ4v) is 1.97. The topological polar surface area (TPSA) is 73.3 Å². The smallest absolute Gasteiger partial charge is 0.337 e. The maximum atomic E-state index is 12.2. The third-order valence-corrected chi connectivity index (χ3v) is 3.13. The van der Waals surface area contributed by atoms with Crippen LogP contribution >= 0.6 is 0 Å². The Bertz CT molecular complexity index is 619. The number of carbonyl (C=O) groups is 1. The number of ether oxygens (including phenoxy) is 2. The molecule has 1 unspecified atom stereocenters. The summed E-state index contributed by atoms with van der Waals surface area (Å²) in [5.74, 6) is 0.234. The molecule has 110 valence electrons. The summed E-state index contributed by atoms with van der Waals surface area (Å²) in [6.45, 7) is 1.70. The average molecular weight is 287 g/mol. The first-order valence-electron chi connectivity index (χ1n) is 6.37. The van der Waals surface area contributed by atoms with Gasteiger partial charge in [-0.25, -0.2) is 4.79 Å². The number of esters is 1. The predicted molar refractivity (Wildman–Crippen MR) is 78.0 cm³/mol. The number of anilines is 1. The summed E-state index contributed by atoms with van der Waals surface area (Å²) >= 11 is 0. The van der Waals surface area contributed by atoms with Crippen molar-refractivity contribution in [3.63, 3.8) is 0 Å². The molecule has 0 aliphatic carbocycles. The van der Waals surface area contributed by atoms with Crippen LogP contribution in [0.3, 0.4) is 0 Å². The summed E-state index contributed by atoms with van der Waals surface area (Å²) in [6.07, 6.45) is 4.61. The minimum absolute atomic E-state index is 0.453. The van der Waals surface area contributed by atoms with Gasteiger partial charge in [0.15, 0.2) is 5.54 Å². The zero-order valence-electron chi connectivity index (χ0n) is 12.2. The molecule has 1 atom stereocenters. The predicted octanol–water partition coefficient (Wildman–Crippen LogP) is 1.99. The first kappa shape index (κ1) is 14.8. The lowest BCUT2D eigenvalue weighted by Crippen LogP contribution is -2.42. The maximum Gasteiger partial charge on any atom is 0.337 e. The molecule has 0 bridgehead atoms. The monoisotopic (exact) mass is 287 g/mol. The van der Waals surface area contributed by atoms with Crippen LogP contribution in [0, 0.1) is 0 Å². The van der Waals surface area contributed by atoms with Gasteiger partial charge in [0.2, 0.25) is 0 Å². The van der Waals surface area contributed by atoms with Gasteiger partial charge in [0, 0.05) is 24.1 Å². The van der Waals surface area contributed by atoms with E-state index in [1.54, 1.807) is 26.3 Å². The van der Waals surface area contributed by atoms with E-state index in [1.807, 2.05) is 18.2 Å². The van der Waals surface area contributed by atoms with Crippen molar-refractivity contribution in [3.05, 3.63) is 48.5 Å². The van der Waals surface area contributed by atoms with Gasteiger partial charge < -0.3 is 14.8 Å². The molecular formula is C15H17N3O3. The molecule has 0 fully saturated rings. The van der Waals surface area contributed by atoms with Crippen LogP contribution in [-0.4, -0.2) is 30.2 Å². The molecule has 1 N–H and O–H groups in total. The van der Waals surface area contributed by atoms with Crippen LogP contribution in [0.2, 0.25) is 0 Å². The summed E-state index contributed by atoms with van der Waals surface area (Å²) in [4.78, 5) is 20.4. The molecule has 0 amide bonds. The molecule has 6 nitrogen and oxygen atoms in total. The third-order valence-electron chi connectivity index (χ3n) is 3.13. The Kier molecular flexibility index (Phi) is 4.37. The Hall–Kier alpha value is -2.63. The van der Waals surface area contributed by atoms with Gasteiger partial charge in [0.05, 0.1) is 26.1 Å². The van der Waals surface area contributed by atoms with Gasteiger partial charge in [-0.3, -0.25) is 9.97 Å². The Morgan fingerprint density at radius 2 is 2.10 bits per heavy atom. The molecule has 0 saturated heterocycles. The molecule has 0 saturated carbocycles. The van der Waals surface area contributed by atoms with Gasteiger partial charge in [-0.1, -0.05) is 6.07 Å². The first-order valence-corrected chi connectivity index (χ1v) is 6.37. The van der Waals surface area contributed by atoms with Gasteiger partial charge in [-0.05, 0) is 19.1 Å². The molecule has 0 radical (unpaired) electrons. The third kappa shape index (κ3) is 3.10. The van der Waals surface area contributed by atoms with Crippen molar-refractivity contribution in [3.8, 4) is 5.75 Å². The minimum atomic E-state index is -1.14. The largest absolute Gasteiger partial charge is 0.497 e. The standard InChI is InChI=1S/C15H17N3O3/c1-15(14(19)21-3,13-10-16-7-8-17-13)18-11-5-4-6-12(9-11)20-2/h4-10,18H,1-3H3. The van der Waals surface area contributed by atoms with Crippen LogP contribution in [0.25, 0.3) is 0 Å². The number of hydrogen-bond acceptors (Lipinski definition) is 6. The molecule has 1 heterocycles. The van der Waals surface area contributed by atoms with Crippen molar-refractivity contribution in [1.82, 2.24) is 9.97 Å². The van der Waals surface area contributed by atoms with E-state index in [2.05, 4.69) is 15.3 Å². The van der Waals surface area contributed by atoms with E-state index in [0.717, 1.165) is 0 Å². The quantitative estimate of drug-likeness (QED) is 0.848. The fraction of sp³-hybridized carbons (Fsp3) is 0.267. The summed E-state index contributed by atoms with van der Waals surface area (Å²) in [5, 5.41) is 3.14. The van der Waals surface area contributed by atoms with Crippen LogP contribution in [0.1, 0.15) is 12.6 Å². The number of nitrogens with zero attached hydrogens (tertiary/aromatic N) is 2. The number of methoxy groups -OCH3 is 2. The van der Waals surface area contributed by atoms with Crippen LogP contribution in [0.5, 0.6) is 5.75 Å². The number of rotatable bonds is 5. The Labute approximate surface area is 123 Å². The van der Waals surface area contributed by atoms with E-state index in [9.17, 15) is 4.79 Å². The molecule has 6 heteroatoms. The van der Waals surface area contributed by atoms with Gasteiger partial charge in [-0.15, -0.1) is 0 Å². The van der Waals surface area contributed by atoms with Crippen molar-refractivity contribution < 1.29 is 14.3 Å². The lowest BCUT2D eigenvalue weighted by atomic mass is 9.97. The average Bonchev–Trinajstić information content (AvgIpc) is 2.54. The Morgan fingerprint density at radius 1 is 1.29 bits per heavy atom. The number of hydrogen-bond donors (Lipinski definition) is 1. The van der Waals surface area contributed by atoms with Crippen molar-refractivity contribution in [2.75, 3.05) is 19.5 Å². The van der Waals surface area contributed by atoms with E-state index < -0.39 is 11.5 Å². The highest BCUT2D eigenvalue weighted by molar-refractivity contribution is 5.85. The second-order valence-corrected chi connectivity index (χ2v) is 4.56. The lowest BCUT2D eigenvalue weighted by molar-refractivity contribution is -0.145. The van der Waals surface area contributed by atoms with E-state index in [0.29, 0.717) is 17.1 Å². The highest BCUT2D eigenvalue weighted by atomic mass is 16.5. The SMILES string of the molecule is COC(=O)C(C)(Nc1cccc(OC)c1)c1cnccn1. The molecule has 0 spiro atoms. The van der Waals surface area contributed by atoms with Gasteiger partial charge >= 0.3 is 5.97 Å². The van der Waals surface area contributed by atoms with E-state index >= 15 is 0 Å². The summed E-state index contributed by atoms with van der Waals surface area (Å²) < 4.78 is 10.1. The molecule has 21 heavy (non-hydrogen) atoms. The van der Waals surface area contributed by atoms with Gasteiger partial charge in [-0.2, -0.15) is 0 Å². The number of aromatic nitrogens is 2.